The highest BCUT2D eigenvalue weighted by Crippen LogP contribution is 2.29. The Hall–Kier alpha value is -4.63. The fraction of sp³-hybridized carbons (Fsp3) is 0.0857. The summed E-state index contributed by atoms with van der Waals surface area (Å²) < 4.78 is 100. The average molecular weight is 706 g/mol. The molecule has 13 heteroatoms. The summed E-state index contributed by atoms with van der Waals surface area (Å²) in [5, 5.41) is 1.35. The van der Waals surface area contributed by atoms with Gasteiger partial charge in [-0.25, -0.2) is 0 Å². The summed E-state index contributed by atoms with van der Waals surface area (Å²) in [5.41, 5.74) is 3.47. The van der Waals surface area contributed by atoms with Crippen molar-refractivity contribution in [3.8, 4) is 0 Å². The minimum absolute atomic E-state index is 0.196. The van der Waals surface area contributed by atoms with Crippen LogP contribution in [-0.4, -0.2) is 45.5 Å². The lowest BCUT2D eigenvalue weighted by atomic mass is 9.95. The van der Waals surface area contributed by atoms with E-state index in [2.05, 4.69) is 0 Å². The van der Waals surface area contributed by atoms with Crippen molar-refractivity contribution in [3.63, 3.8) is 0 Å². The van der Waals surface area contributed by atoms with E-state index in [4.69, 9.17) is 0 Å². The van der Waals surface area contributed by atoms with Gasteiger partial charge < -0.3 is 4.90 Å². The third kappa shape index (κ3) is 8.26. The van der Waals surface area contributed by atoms with Gasteiger partial charge in [0, 0.05) is 24.3 Å². The van der Waals surface area contributed by atoms with Crippen molar-refractivity contribution in [2.75, 3.05) is 11.4 Å². The van der Waals surface area contributed by atoms with Crippen LogP contribution in [-0.2, 0) is 36.9 Å². The molecule has 0 amide bonds. The van der Waals surface area contributed by atoms with Gasteiger partial charge in [-0.2, -0.15) is 25.3 Å². The van der Waals surface area contributed by atoms with Crippen LogP contribution in [0.5, 0.6) is 0 Å². The molecule has 5 aromatic carbocycles. The number of benzene rings is 5. The van der Waals surface area contributed by atoms with Crippen molar-refractivity contribution in [2.24, 2.45) is 0 Å². The zero-order valence-corrected chi connectivity index (χ0v) is 28.0. The van der Waals surface area contributed by atoms with Crippen LogP contribution in [0.1, 0.15) is 29.2 Å². The Bertz CT molecular complexity index is 2420. The van der Waals surface area contributed by atoms with E-state index in [0.717, 1.165) is 5.69 Å². The lowest BCUT2D eigenvalue weighted by Crippen LogP contribution is -2.22. The molecule has 0 fully saturated rings. The molecule has 0 radical (unpaired) electrons. The molecule has 0 saturated heterocycles. The van der Waals surface area contributed by atoms with Crippen LogP contribution < -0.4 is 15.3 Å². The largest absolute Gasteiger partial charge is 0.367 e. The Morgan fingerprint density at radius 1 is 0.646 bits per heavy atom. The molecule has 5 rings (SSSR count). The van der Waals surface area contributed by atoms with Crippen LogP contribution in [0.4, 0.5) is 5.69 Å². The molecule has 0 aliphatic rings. The molecular formula is C35H31NO9S3. The van der Waals surface area contributed by atoms with E-state index < -0.39 is 30.4 Å². The Morgan fingerprint density at radius 2 is 1.25 bits per heavy atom. The van der Waals surface area contributed by atoms with Crippen molar-refractivity contribution in [3.05, 3.63) is 154 Å². The quantitative estimate of drug-likeness (QED) is 0.176. The zero-order chi connectivity index (χ0) is 34.7. The van der Waals surface area contributed by atoms with Gasteiger partial charge in [-0.15, -0.1) is 0 Å². The van der Waals surface area contributed by atoms with Gasteiger partial charge in [0.25, 0.3) is 30.4 Å². The molecule has 248 valence electrons. The second-order valence-electron chi connectivity index (χ2n) is 10.8. The lowest BCUT2D eigenvalue weighted by Gasteiger charge is -2.24. The Balaban J connectivity index is 1.59. The molecule has 0 aliphatic heterocycles. The van der Waals surface area contributed by atoms with Crippen molar-refractivity contribution >= 4 is 47.7 Å². The van der Waals surface area contributed by atoms with Crippen LogP contribution in [0.3, 0.4) is 0 Å². The molecule has 0 aromatic heterocycles. The summed E-state index contributed by atoms with van der Waals surface area (Å²) in [5.74, 6) is 0. The summed E-state index contributed by atoms with van der Waals surface area (Å²) >= 11 is 0. The molecular weight excluding hydrogens is 675 g/mol. The predicted molar refractivity (Wildman–Crippen MR) is 183 cm³/mol. The van der Waals surface area contributed by atoms with Crippen LogP contribution in [0.15, 0.2) is 136 Å². The normalized spacial score (nSPS) is 12.0. The number of nitrogens with zero attached hydrogens (tertiary/aromatic N) is 1. The van der Waals surface area contributed by atoms with Gasteiger partial charge in [-0.05, 0) is 88.2 Å². The van der Waals surface area contributed by atoms with Crippen LogP contribution in [0.25, 0.3) is 11.6 Å². The maximum absolute atomic E-state index is 12.4. The second kappa shape index (κ2) is 13.8. The molecule has 0 saturated carbocycles. The highest BCUT2D eigenvalue weighted by atomic mass is 32.2. The van der Waals surface area contributed by atoms with Gasteiger partial charge >= 0.3 is 0 Å². The summed E-state index contributed by atoms with van der Waals surface area (Å²) in [6, 6.07) is 32.5. The number of hydrogen-bond acceptors (Lipinski definition) is 7. The Morgan fingerprint density at radius 3 is 1.85 bits per heavy atom. The van der Waals surface area contributed by atoms with Crippen molar-refractivity contribution in [2.45, 2.75) is 28.2 Å². The van der Waals surface area contributed by atoms with Gasteiger partial charge in [0.05, 0.1) is 9.79 Å². The first-order valence-electron chi connectivity index (χ1n) is 14.5. The van der Waals surface area contributed by atoms with E-state index in [-0.39, 0.29) is 20.2 Å². The van der Waals surface area contributed by atoms with Crippen molar-refractivity contribution in [1.82, 2.24) is 0 Å². The highest BCUT2D eigenvalue weighted by molar-refractivity contribution is 7.86. The number of hydrogen-bond donors (Lipinski definition) is 3. The molecule has 0 unspecified atom stereocenters. The molecule has 3 N–H and O–H groups in total. The smallest absolute Gasteiger partial charge is 0.295 e. The fourth-order valence-electron chi connectivity index (χ4n) is 5.33. The minimum atomic E-state index is -4.60. The monoisotopic (exact) mass is 705 g/mol. The van der Waals surface area contributed by atoms with E-state index in [1.807, 2.05) is 36.1 Å². The van der Waals surface area contributed by atoms with E-state index in [1.165, 1.54) is 42.5 Å². The maximum atomic E-state index is 12.4. The molecule has 10 nitrogen and oxygen atoms in total. The number of anilines is 1. The van der Waals surface area contributed by atoms with Gasteiger partial charge in [0.2, 0.25) is 0 Å². The molecule has 0 heterocycles. The first kappa shape index (κ1) is 34.7. The second-order valence-corrected chi connectivity index (χ2v) is 15.1. The lowest BCUT2D eigenvalue weighted by molar-refractivity contribution is 0.480. The zero-order valence-electron chi connectivity index (χ0n) is 25.5. The molecule has 5 aromatic rings. The van der Waals surface area contributed by atoms with Gasteiger partial charge in [0.15, 0.2) is 0 Å². The van der Waals surface area contributed by atoms with Gasteiger partial charge in [0.1, 0.15) is 4.90 Å². The maximum Gasteiger partial charge on any atom is 0.295 e. The Kier molecular flexibility index (Phi) is 10.0. The summed E-state index contributed by atoms with van der Waals surface area (Å²) in [4.78, 5) is 1.30. The van der Waals surface area contributed by atoms with Crippen molar-refractivity contribution in [1.29, 1.82) is 0 Å². The van der Waals surface area contributed by atoms with Crippen LogP contribution in [0, 0.1) is 0 Å². The summed E-state index contributed by atoms with van der Waals surface area (Å²) in [6.07, 6.45) is 1.73. The van der Waals surface area contributed by atoms with Crippen LogP contribution in [0.2, 0.25) is 0 Å². The topological polar surface area (TPSA) is 166 Å². The molecule has 0 aliphatic carbocycles. The van der Waals surface area contributed by atoms with Crippen LogP contribution >= 0.6 is 0 Å². The standard InChI is InChI=1S/C35H31NO9S3/c1-2-36(24-27-8-6-10-32(23-27)47(40,41)42)30-19-17-29(18-20-30)35(33-11-3-4-12-34(33)48(43,44)45)28-15-13-25(14-16-28)21-26-7-5-9-31(22-26)46(37,38)39/h3-23H,2,24H2,1H3,(H,37,38,39)(H,40,41,42)(H,43,44,45). The highest BCUT2D eigenvalue weighted by Gasteiger charge is 2.20. The molecule has 0 spiro atoms. The first-order chi connectivity index (χ1) is 22.6. The summed E-state index contributed by atoms with van der Waals surface area (Å²) in [7, 11) is -13.3. The van der Waals surface area contributed by atoms with Gasteiger partial charge in [-0.1, -0.05) is 78.9 Å². The Labute approximate surface area is 279 Å². The minimum Gasteiger partial charge on any atom is -0.367 e. The molecule has 48 heavy (non-hydrogen) atoms. The molecule has 0 atom stereocenters. The third-order valence-corrected chi connectivity index (χ3v) is 10.2. The number of rotatable bonds is 10. The third-order valence-electron chi connectivity index (χ3n) is 7.60. The van der Waals surface area contributed by atoms with E-state index >= 15 is 0 Å². The van der Waals surface area contributed by atoms with E-state index in [1.54, 1.807) is 60.7 Å². The fourth-order valence-corrected chi connectivity index (χ4v) is 7.11. The summed E-state index contributed by atoms with van der Waals surface area (Å²) in [6.45, 7) is 2.87. The van der Waals surface area contributed by atoms with E-state index in [0.29, 0.717) is 45.8 Å². The average Bonchev–Trinajstić information content (AvgIpc) is 3.04. The SMILES string of the molecule is CCN(Cc1cccc(S(=O)(=O)O)c1)c1ccc(C(c2ccccc2S(=O)(=O)O)=c2ccc(=Cc3cccc(S(=O)(=O)O)c3)cc2)cc1. The van der Waals surface area contributed by atoms with Gasteiger partial charge in [-0.3, -0.25) is 13.7 Å². The van der Waals surface area contributed by atoms with E-state index in [9.17, 15) is 38.9 Å². The first-order valence-corrected chi connectivity index (χ1v) is 18.8. The molecule has 0 bridgehead atoms. The van der Waals surface area contributed by atoms with Crippen molar-refractivity contribution < 1.29 is 38.9 Å². The predicted octanol–water partition coefficient (Wildman–Crippen LogP) is 4.53.